The van der Waals surface area contributed by atoms with Gasteiger partial charge < -0.3 is 19.3 Å². The Morgan fingerprint density at radius 3 is 1.88 bits per heavy atom. The van der Waals surface area contributed by atoms with Crippen LogP contribution in [-0.4, -0.2) is 58.0 Å². The second kappa shape index (κ2) is 11.8. The Labute approximate surface area is 202 Å². The maximum Gasteiger partial charge on any atom is 0.323 e. The number of rotatable bonds is 10. The Kier molecular flexibility index (Phi) is 8.82. The van der Waals surface area contributed by atoms with Gasteiger partial charge >= 0.3 is 12.0 Å². The van der Waals surface area contributed by atoms with E-state index in [4.69, 9.17) is 4.74 Å². The first kappa shape index (κ1) is 25.4. The summed E-state index contributed by atoms with van der Waals surface area (Å²) in [5, 5.41) is 0. The van der Waals surface area contributed by atoms with Crippen LogP contribution in [0.5, 0.6) is 0 Å². The number of urea groups is 1. The Bertz CT molecular complexity index is 890. The van der Waals surface area contributed by atoms with E-state index in [-0.39, 0.29) is 12.0 Å². The lowest BCUT2D eigenvalue weighted by Gasteiger charge is -2.45. The number of amides is 2. The molecule has 0 N–H and O–H groups in total. The minimum Gasteiger partial charge on any atom is -0.459 e. The van der Waals surface area contributed by atoms with Crippen LogP contribution in [0.2, 0.25) is 0 Å². The number of carbonyl (C=O) groups excluding carboxylic acids is 3. The third-order valence-corrected chi connectivity index (χ3v) is 5.60. The van der Waals surface area contributed by atoms with Crippen molar-refractivity contribution < 1.29 is 19.1 Å². The molecule has 34 heavy (non-hydrogen) atoms. The summed E-state index contributed by atoms with van der Waals surface area (Å²) in [5.41, 5.74) is 1.42. The summed E-state index contributed by atoms with van der Waals surface area (Å²) in [6.45, 7) is 7.03. The second-order valence-electron chi connectivity index (χ2n) is 9.67. The predicted molar refractivity (Wildman–Crippen MR) is 130 cm³/mol. The molecule has 2 aromatic rings. The zero-order valence-electron chi connectivity index (χ0n) is 20.4. The minimum absolute atomic E-state index is 0.0696. The first-order chi connectivity index (χ1) is 16.3. The van der Waals surface area contributed by atoms with Crippen molar-refractivity contribution in [2.24, 2.45) is 0 Å². The summed E-state index contributed by atoms with van der Waals surface area (Å²) in [4.78, 5) is 43.1. The summed E-state index contributed by atoms with van der Waals surface area (Å²) >= 11 is 0. The van der Waals surface area contributed by atoms with Gasteiger partial charge in [-0.3, -0.25) is 9.69 Å². The molecule has 1 heterocycles. The first-order valence-corrected chi connectivity index (χ1v) is 11.8. The normalized spacial score (nSPS) is 15.8. The minimum atomic E-state index is -0.626. The zero-order valence-corrected chi connectivity index (χ0v) is 20.4. The van der Waals surface area contributed by atoms with Gasteiger partial charge in [-0.2, -0.15) is 0 Å². The molecule has 0 saturated carbocycles. The Morgan fingerprint density at radius 2 is 1.44 bits per heavy atom. The molecule has 0 bridgehead atoms. The number of nitrogens with zero attached hydrogens (tertiary/aromatic N) is 3. The van der Waals surface area contributed by atoms with Crippen molar-refractivity contribution in [1.82, 2.24) is 14.7 Å². The van der Waals surface area contributed by atoms with Gasteiger partial charge in [0.1, 0.15) is 17.9 Å². The quantitative estimate of drug-likeness (QED) is 0.295. The Balaban J connectivity index is 1.87. The van der Waals surface area contributed by atoms with E-state index in [9.17, 15) is 14.4 Å². The van der Waals surface area contributed by atoms with Gasteiger partial charge in [0.25, 0.3) is 0 Å². The van der Waals surface area contributed by atoms with Crippen molar-refractivity contribution >= 4 is 18.3 Å². The summed E-state index contributed by atoms with van der Waals surface area (Å²) in [6.07, 6.45) is 2.32. The number of unbranched alkanes of at least 4 members (excludes halogenated alkanes) is 1. The van der Waals surface area contributed by atoms with Crippen LogP contribution in [0.1, 0.15) is 51.2 Å². The molecule has 1 saturated heterocycles. The molecule has 0 unspecified atom stereocenters. The van der Waals surface area contributed by atoms with Gasteiger partial charge in [0.15, 0.2) is 0 Å². The molecule has 2 amide bonds. The van der Waals surface area contributed by atoms with Crippen LogP contribution < -0.4 is 0 Å². The molecule has 0 aromatic heterocycles. The van der Waals surface area contributed by atoms with E-state index in [1.807, 2.05) is 86.3 Å². The van der Waals surface area contributed by atoms with E-state index in [1.54, 1.807) is 9.80 Å². The van der Waals surface area contributed by atoms with Crippen molar-refractivity contribution in [2.45, 2.75) is 64.8 Å². The number of hydrogen-bond donors (Lipinski definition) is 0. The van der Waals surface area contributed by atoms with Crippen molar-refractivity contribution in [3.63, 3.8) is 0 Å². The van der Waals surface area contributed by atoms with Gasteiger partial charge in [-0.05, 0) is 44.7 Å². The maximum absolute atomic E-state index is 13.4. The topological polar surface area (TPSA) is 70.2 Å². The van der Waals surface area contributed by atoms with Crippen molar-refractivity contribution in [2.75, 3.05) is 13.3 Å². The number of esters is 1. The fourth-order valence-electron chi connectivity index (χ4n) is 4.06. The zero-order chi connectivity index (χ0) is 24.6. The third-order valence-electron chi connectivity index (χ3n) is 5.60. The highest BCUT2D eigenvalue weighted by atomic mass is 16.6. The predicted octanol–water partition coefficient (Wildman–Crippen LogP) is 4.42. The molecule has 0 spiro atoms. The molecule has 2 aromatic carbocycles. The molecule has 1 aliphatic heterocycles. The molecule has 182 valence electrons. The number of aldehydes is 1. The first-order valence-electron chi connectivity index (χ1n) is 11.8. The molecular weight excluding hydrogens is 430 g/mol. The smallest absolute Gasteiger partial charge is 0.323 e. The number of carbonyl (C=O) groups is 3. The standard InChI is InChI=1S/C27H35N3O4/c1-27(2,3)34-25(32)24(16-10-11-17-31)30-20-28(18-22-12-6-4-7-13-22)26(33)29(21-30)19-23-14-8-5-9-15-23/h4-9,12-15,17,24H,10-11,16,18-21H2,1-3H3/t24-/m0/s1. The highest BCUT2D eigenvalue weighted by molar-refractivity contribution is 5.78. The molecule has 0 radical (unpaired) electrons. The average Bonchev–Trinajstić information content (AvgIpc) is 2.79. The van der Waals surface area contributed by atoms with Crippen LogP contribution in [0, 0.1) is 0 Å². The molecule has 7 nitrogen and oxygen atoms in total. The van der Waals surface area contributed by atoms with Crippen LogP contribution in [-0.2, 0) is 27.4 Å². The molecule has 1 aliphatic rings. The molecule has 7 heteroatoms. The van der Waals surface area contributed by atoms with Crippen molar-refractivity contribution in [3.8, 4) is 0 Å². The van der Waals surface area contributed by atoms with Crippen LogP contribution in [0.4, 0.5) is 4.79 Å². The van der Waals surface area contributed by atoms with Gasteiger partial charge in [-0.15, -0.1) is 0 Å². The van der Waals surface area contributed by atoms with Gasteiger partial charge in [-0.1, -0.05) is 60.7 Å². The van der Waals surface area contributed by atoms with E-state index in [2.05, 4.69) is 0 Å². The van der Waals surface area contributed by atoms with Crippen molar-refractivity contribution in [3.05, 3.63) is 71.8 Å². The van der Waals surface area contributed by atoms with Gasteiger partial charge in [0, 0.05) is 19.5 Å². The third kappa shape index (κ3) is 7.42. The van der Waals surface area contributed by atoms with E-state index < -0.39 is 11.6 Å². The molecule has 1 fully saturated rings. The summed E-state index contributed by atoms with van der Waals surface area (Å²) in [7, 11) is 0. The highest BCUT2D eigenvalue weighted by Crippen LogP contribution is 2.23. The molecule has 0 aliphatic carbocycles. The maximum atomic E-state index is 13.4. The lowest BCUT2D eigenvalue weighted by atomic mass is 10.1. The molecule has 1 atom stereocenters. The Morgan fingerprint density at radius 1 is 0.941 bits per heavy atom. The Hall–Kier alpha value is -3.19. The van der Waals surface area contributed by atoms with Crippen LogP contribution in [0.25, 0.3) is 0 Å². The lowest BCUT2D eigenvalue weighted by molar-refractivity contribution is -0.164. The number of ether oxygens (including phenoxy) is 1. The fourth-order valence-corrected chi connectivity index (χ4v) is 4.06. The van der Waals surface area contributed by atoms with Crippen LogP contribution in [0.15, 0.2) is 60.7 Å². The van der Waals surface area contributed by atoms with Gasteiger partial charge in [-0.25, -0.2) is 4.79 Å². The SMILES string of the molecule is CC(C)(C)OC(=O)[C@H](CCCC=O)N1CN(Cc2ccccc2)C(=O)N(Cc2ccccc2)C1. The van der Waals surface area contributed by atoms with E-state index >= 15 is 0 Å². The van der Waals surface area contributed by atoms with Crippen molar-refractivity contribution in [1.29, 1.82) is 0 Å². The van der Waals surface area contributed by atoms with Gasteiger partial charge in [0.05, 0.1) is 13.3 Å². The largest absolute Gasteiger partial charge is 0.459 e. The molecule has 3 rings (SSSR count). The van der Waals surface area contributed by atoms with Crippen LogP contribution in [0.3, 0.4) is 0 Å². The monoisotopic (exact) mass is 465 g/mol. The number of hydrogen-bond acceptors (Lipinski definition) is 5. The van der Waals surface area contributed by atoms with E-state index in [0.29, 0.717) is 45.7 Å². The summed E-state index contributed by atoms with van der Waals surface area (Å²) in [5.74, 6) is -0.327. The van der Waals surface area contributed by atoms with E-state index in [0.717, 1.165) is 17.4 Å². The van der Waals surface area contributed by atoms with Crippen LogP contribution >= 0.6 is 0 Å². The van der Waals surface area contributed by atoms with Gasteiger partial charge in [0.2, 0.25) is 0 Å². The second-order valence-corrected chi connectivity index (χ2v) is 9.67. The lowest BCUT2D eigenvalue weighted by Crippen LogP contribution is -2.61. The average molecular weight is 466 g/mol. The fraction of sp³-hybridized carbons (Fsp3) is 0.444. The summed E-state index contributed by atoms with van der Waals surface area (Å²) in [6, 6.07) is 19.0. The molecular formula is C27H35N3O4. The highest BCUT2D eigenvalue weighted by Gasteiger charge is 2.38. The summed E-state index contributed by atoms with van der Waals surface area (Å²) < 4.78 is 5.73. The van der Waals surface area contributed by atoms with E-state index in [1.165, 1.54) is 0 Å². The number of benzene rings is 2.